The molecule has 1 N–H and O–H groups in total. The van der Waals surface area contributed by atoms with Gasteiger partial charge in [0.25, 0.3) is 10.0 Å². The van der Waals surface area contributed by atoms with E-state index in [1.54, 1.807) is 31.2 Å². The average molecular weight is 582 g/mol. The molecule has 0 radical (unpaired) electrons. The molecule has 0 spiro atoms. The average Bonchev–Trinajstić information content (AvgIpc) is 2.97. The molecular formula is C31H39N3O6S. The maximum Gasteiger partial charge on any atom is 0.264 e. The summed E-state index contributed by atoms with van der Waals surface area (Å²) >= 11 is 0. The van der Waals surface area contributed by atoms with Crippen LogP contribution in [0.2, 0.25) is 0 Å². The van der Waals surface area contributed by atoms with E-state index in [1.165, 1.54) is 37.3 Å². The standard InChI is InChI=1S/C31H39N3O6S/c1-7-18-32-31(36)24(4)33(20-25-11-9-8-10-23(25)3)30(35)21-34(26-14-12-22(2)13-15-26)41(37,38)27-16-17-28(39-5)29(19-27)40-6/h8-17,19,24H,7,18,20-21H2,1-6H3,(H,32,36). The van der Waals surface area contributed by atoms with E-state index in [1.807, 2.05) is 45.0 Å². The highest BCUT2D eigenvalue weighted by atomic mass is 32.2. The molecule has 9 nitrogen and oxygen atoms in total. The highest BCUT2D eigenvalue weighted by Gasteiger charge is 2.33. The highest BCUT2D eigenvalue weighted by molar-refractivity contribution is 7.92. The lowest BCUT2D eigenvalue weighted by atomic mass is 10.1. The van der Waals surface area contributed by atoms with Gasteiger partial charge in [-0.15, -0.1) is 0 Å². The van der Waals surface area contributed by atoms with Crippen LogP contribution in [0.5, 0.6) is 11.5 Å². The number of rotatable bonds is 13. The van der Waals surface area contributed by atoms with Gasteiger partial charge in [0.1, 0.15) is 12.6 Å². The summed E-state index contributed by atoms with van der Waals surface area (Å²) in [5.74, 6) is -0.206. The first-order valence-electron chi connectivity index (χ1n) is 13.5. The largest absolute Gasteiger partial charge is 0.493 e. The molecule has 0 fully saturated rings. The fraction of sp³-hybridized carbons (Fsp3) is 0.355. The van der Waals surface area contributed by atoms with E-state index < -0.39 is 28.5 Å². The van der Waals surface area contributed by atoms with Gasteiger partial charge in [0.05, 0.1) is 24.8 Å². The van der Waals surface area contributed by atoms with Crippen molar-refractivity contribution in [2.24, 2.45) is 0 Å². The molecule has 0 heterocycles. The Bertz CT molecular complexity index is 1460. The lowest BCUT2D eigenvalue weighted by molar-refractivity contribution is -0.139. The summed E-state index contributed by atoms with van der Waals surface area (Å²) < 4.78 is 39.8. The summed E-state index contributed by atoms with van der Waals surface area (Å²) in [5, 5.41) is 2.85. The van der Waals surface area contributed by atoms with Crippen LogP contribution in [0.1, 0.15) is 37.0 Å². The van der Waals surface area contributed by atoms with Gasteiger partial charge >= 0.3 is 0 Å². The predicted octanol–water partition coefficient (Wildman–Crippen LogP) is 4.46. The minimum absolute atomic E-state index is 0.0669. The molecule has 0 aliphatic heterocycles. The van der Waals surface area contributed by atoms with Crippen molar-refractivity contribution in [3.05, 3.63) is 83.4 Å². The molecule has 0 aliphatic rings. The van der Waals surface area contributed by atoms with Crippen LogP contribution in [-0.4, -0.2) is 58.5 Å². The van der Waals surface area contributed by atoms with E-state index in [9.17, 15) is 18.0 Å². The molecule has 3 aromatic carbocycles. The fourth-order valence-electron chi connectivity index (χ4n) is 4.29. The number of nitrogens with zero attached hydrogens (tertiary/aromatic N) is 2. The predicted molar refractivity (Wildman–Crippen MR) is 160 cm³/mol. The van der Waals surface area contributed by atoms with Gasteiger partial charge in [-0.1, -0.05) is 48.9 Å². The summed E-state index contributed by atoms with van der Waals surface area (Å²) in [6.07, 6.45) is 0.745. The van der Waals surface area contributed by atoms with Crippen molar-refractivity contribution in [1.29, 1.82) is 0 Å². The third kappa shape index (κ3) is 7.58. The van der Waals surface area contributed by atoms with Crippen molar-refractivity contribution in [3.8, 4) is 11.5 Å². The number of amides is 2. The van der Waals surface area contributed by atoms with Gasteiger partial charge in [-0.3, -0.25) is 13.9 Å². The first-order chi connectivity index (χ1) is 19.5. The number of carbonyl (C=O) groups is 2. The van der Waals surface area contributed by atoms with Crippen LogP contribution in [0.25, 0.3) is 0 Å². The molecule has 3 rings (SSSR count). The van der Waals surface area contributed by atoms with E-state index in [-0.39, 0.29) is 23.1 Å². The number of hydrogen-bond acceptors (Lipinski definition) is 6. The molecule has 41 heavy (non-hydrogen) atoms. The molecule has 0 saturated carbocycles. The van der Waals surface area contributed by atoms with Crippen LogP contribution in [0.3, 0.4) is 0 Å². The van der Waals surface area contributed by atoms with Gasteiger partial charge in [0, 0.05) is 19.2 Å². The molecule has 3 aromatic rings. The number of aryl methyl sites for hydroxylation is 2. The third-order valence-corrected chi connectivity index (χ3v) is 8.63. The van der Waals surface area contributed by atoms with Gasteiger partial charge in [-0.2, -0.15) is 0 Å². The Labute approximate surface area is 243 Å². The zero-order valence-corrected chi connectivity index (χ0v) is 25.3. The first-order valence-corrected chi connectivity index (χ1v) is 14.9. The topological polar surface area (TPSA) is 105 Å². The number of carbonyl (C=O) groups excluding carboxylic acids is 2. The van der Waals surface area contributed by atoms with Gasteiger partial charge in [-0.05, 0) is 62.6 Å². The lowest BCUT2D eigenvalue weighted by Crippen LogP contribution is -2.51. The second-order valence-electron chi connectivity index (χ2n) is 9.78. The maximum absolute atomic E-state index is 14.1. The smallest absolute Gasteiger partial charge is 0.264 e. The summed E-state index contributed by atoms with van der Waals surface area (Å²) in [6, 6.07) is 17.9. The van der Waals surface area contributed by atoms with Crippen molar-refractivity contribution in [1.82, 2.24) is 10.2 Å². The summed E-state index contributed by atoms with van der Waals surface area (Å²) in [6.45, 7) is 7.52. The molecule has 10 heteroatoms. The van der Waals surface area contributed by atoms with E-state index >= 15 is 0 Å². The molecule has 0 aromatic heterocycles. The molecule has 1 atom stereocenters. The zero-order valence-electron chi connectivity index (χ0n) is 24.5. The fourth-order valence-corrected chi connectivity index (χ4v) is 5.72. The normalized spacial score (nSPS) is 11.9. The highest BCUT2D eigenvalue weighted by Crippen LogP contribution is 2.32. The Balaban J connectivity index is 2.07. The van der Waals surface area contributed by atoms with E-state index in [0.717, 1.165) is 27.4 Å². The van der Waals surface area contributed by atoms with E-state index in [0.29, 0.717) is 18.0 Å². The molecule has 0 saturated heterocycles. The SMILES string of the molecule is CCCNC(=O)C(C)N(Cc1ccccc1C)C(=O)CN(c1ccc(C)cc1)S(=O)(=O)c1ccc(OC)c(OC)c1. The lowest BCUT2D eigenvalue weighted by Gasteiger charge is -2.32. The van der Waals surface area contributed by atoms with Crippen LogP contribution in [0.4, 0.5) is 5.69 Å². The van der Waals surface area contributed by atoms with Crippen LogP contribution in [0, 0.1) is 13.8 Å². The number of sulfonamides is 1. The van der Waals surface area contributed by atoms with Crippen molar-refractivity contribution in [3.63, 3.8) is 0 Å². The maximum atomic E-state index is 14.1. The molecule has 220 valence electrons. The Morgan fingerprint density at radius 1 is 0.927 bits per heavy atom. The molecule has 0 aliphatic carbocycles. The number of benzene rings is 3. The minimum atomic E-state index is -4.24. The number of ether oxygens (including phenoxy) is 2. The second kappa shape index (κ2) is 14.0. The summed E-state index contributed by atoms with van der Waals surface area (Å²) in [5.41, 5.74) is 3.07. The van der Waals surface area contributed by atoms with E-state index in [4.69, 9.17) is 9.47 Å². The van der Waals surface area contributed by atoms with Gasteiger partial charge in [0.15, 0.2) is 11.5 Å². The minimum Gasteiger partial charge on any atom is -0.493 e. The van der Waals surface area contributed by atoms with Crippen LogP contribution < -0.4 is 19.1 Å². The number of methoxy groups -OCH3 is 2. The van der Waals surface area contributed by atoms with Gasteiger partial charge in [-0.25, -0.2) is 8.42 Å². The van der Waals surface area contributed by atoms with Crippen molar-refractivity contribution in [2.75, 3.05) is 31.6 Å². The first kappa shape index (κ1) is 31.5. The second-order valence-corrected chi connectivity index (χ2v) is 11.6. The van der Waals surface area contributed by atoms with Crippen LogP contribution in [-0.2, 0) is 26.2 Å². The zero-order chi connectivity index (χ0) is 30.2. The van der Waals surface area contributed by atoms with Crippen LogP contribution >= 0.6 is 0 Å². The number of nitrogens with one attached hydrogen (secondary N) is 1. The van der Waals surface area contributed by atoms with E-state index in [2.05, 4.69) is 5.32 Å². The quantitative estimate of drug-likeness (QED) is 0.320. The molecule has 0 bridgehead atoms. The number of anilines is 1. The monoisotopic (exact) mass is 581 g/mol. The molecule has 1 unspecified atom stereocenters. The Hall–Kier alpha value is -4.05. The summed E-state index contributed by atoms with van der Waals surface area (Å²) in [7, 11) is -1.36. The Kier molecular flexibility index (Phi) is 10.8. The van der Waals surface area contributed by atoms with Crippen molar-refractivity contribution >= 4 is 27.5 Å². The Morgan fingerprint density at radius 3 is 2.20 bits per heavy atom. The van der Waals surface area contributed by atoms with Crippen molar-refractivity contribution < 1.29 is 27.5 Å². The molecule has 2 amide bonds. The van der Waals surface area contributed by atoms with Crippen molar-refractivity contribution in [2.45, 2.75) is 51.6 Å². The Morgan fingerprint density at radius 2 is 1.59 bits per heavy atom. The van der Waals surface area contributed by atoms with Gasteiger partial charge in [0.2, 0.25) is 11.8 Å². The van der Waals surface area contributed by atoms with Gasteiger partial charge < -0.3 is 19.7 Å². The number of hydrogen-bond donors (Lipinski definition) is 1. The summed E-state index contributed by atoms with van der Waals surface area (Å²) in [4.78, 5) is 28.4. The molecular weight excluding hydrogens is 542 g/mol. The van der Waals surface area contributed by atoms with Crippen LogP contribution in [0.15, 0.2) is 71.6 Å². The third-order valence-electron chi connectivity index (χ3n) is 6.86.